The lowest BCUT2D eigenvalue weighted by Gasteiger charge is -2.72. The van der Waals surface area contributed by atoms with Gasteiger partial charge in [-0.25, -0.2) is 0 Å². The van der Waals surface area contributed by atoms with Crippen LogP contribution in [0.5, 0.6) is 0 Å². The largest absolute Gasteiger partial charge is 0.481 e. The summed E-state index contributed by atoms with van der Waals surface area (Å²) >= 11 is 0. The minimum atomic E-state index is -1.91. The Kier molecular flexibility index (Phi) is 16.3. The van der Waals surface area contributed by atoms with E-state index < -0.39 is 177 Å². The number of aliphatic hydroxyl groups is 13. The predicted molar refractivity (Wildman–Crippen MR) is 254 cm³/mol. The minimum Gasteiger partial charge on any atom is -0.481 e. The Morgan fingerprint density at radius 1 is 0.613 bits per heavy atom. The van der Waals surface area contributed by atoms with Crippen LogP contribution in [-0.2, 0) is 42.7 Å². The van der Waals surface area contributed by atoms with E-state index in [4.69, 9.17) is 37.9 Å². The fourth-order valence-corrected chi connectivity index (χ4v) is 16.1. The highest BCUT2D eigenvalue weighted by Gasteiger charge is 2.71. The average molecular weight is 1080 g/mol. The van der Waals surface area contributed by atoms with Gasteiger partial charge in [-0.05, 0) is 104 Å². The van der Waals surface area contributed by atoms with Crippen LogP contribution in [0.4, 0.5) is 0 Å². The quantitative estimate of drug-likeness (QED) is 0.0725. The molecule has 28 atom stereocenters. The van der Waals surface area contributed by atoms with E-state index in [2.05, 4.69) is 40.7 Å². The first-order valence-corrected chi connectivity index (χ1v) is 26.9. The maximum atomic E-state index is 12.7. The highest BCUT2D eigenvalue weighted by Crippen LogP contribution is 2.76. The predicted octanol–water partition coefficient (Wildman–Crippen LogP) is -2.25. The molecule has 0 amide bonds. The van der Waals surface area contributed by atoms with Crippen LogP contribution in [0, 0.1) is 50.2 Å². The van der Waals surface area contributed by atoms with Gasteiger partial charge < -0.3 is 109 Å². The number of allylic oxidation sites excluding steroid dienone is 2. The lowest BCUT2D eigenvalue weighted by Crippen LogP contribution is -2.68. The van der Waals surface area contributed by atoms with Crippen LogP contribution < -0.4 is 0 Å². The van der Waals surface area contributed by atoms with Crippen LogP contribution in [0.1, 0.15) is 99.3 Å². The molecular formula is C52H84O23. The first-order chi connectivity index (χ1) is 35.2. The van der Waals surface area contributed by atoms with E-state index in [1.165, 1.54) is 0 Å². The highest BCUT2D eigenvalue weighted by atomic mass is 16.8. The molecule has 0 radical (unpaired) electrons. The second-order valence-electron chi connectivity index (χ2n) is 25.2. The molecule has 23 heteroatoms. The first-order valence-electron chi connectivity index (χ1n) is 26.9. The molecule has 5 aliphatic carbocycles. The van der Waals surface area contributed by atoms with Crippen molar-refractivity contribution >= 4 is 5.97 Å². The average Bonchev–Trinajstić information content (AvgIpc) is 3.44. The van der Waals surface area contributed by atoms with Crippen molar-refractivity contribution in [2.45, 2.75) is 222 Å². The van der Waals surface area contributed by atoms with Crippen LogP contribution in [0.3, 0.4) is 0 Å². The van der Waals surface area contributed by atoms with Gasteiger partial charge in [-0.1, -0.05) is 46.3 Å². The third-order valence-electron chi connectivity index (χ3n) is 21.1. The number of hydrogen-bond acceptors (Lipinski definition) is 22. The van der Waals surface area contributed by atoms with Gasteiger partial charge in [0, 0.05) is 5.41 Å². The number of carbonyl (C=O) groups is 1. The van der Waals surface area contributed by atoms with Gasteiger partial charge in [0.05, 0.1) is 50.7 Å². The minimum absolute atomic E-state index is 0.0579. The van der Waals surface area contributed by atoms with Gasteiger partial charge in [0.15, 0.2) is 25.2 Å². The fraction of sp³-hybridized carbons (Fsp3) is 0.942. The van der Waals surface area contributed by atoms with Gasteiger partial charge in [0.1, 0.15) is 85.5 Å². The van der Waals surface area contributed by atoms with Crippen molar-refractivity contribution in [3.63, 3.8) is 0 Å². The molecule has 0 aromatic carbocycles. The summed E-state index contributed by atoms with van der Waals surface area (Å²) in [5, 5.41) is 152. The topological polar surface area (TPSA) is 374 Å². The second kappa shape index (κ2) is 21.0. The van der Waals surface area contributed by atoms with Gasteiger partial charge in [-0.2, -0.15) is 0 Å². The molecule has 4 saturated carbocycles. The van der Waals surface area contributed by atoms with Crippen molar-refractivity contribution in [1.29, 1.82) is 0 Å². The smallest absolute Gasteiger partial charge is 0.309 e. The lowest BCUT2D eigenvalue weighted by molar-refractivity contribution is -0.392. The standard InChI is InChI=1S/C52H84O23/c1-47(2)28-9-12-50(5)29(8-7-22-23-15-48(3,46(66)67)13-14-52(23,21-55)30(57)16-51(22,50)6)49(28,4)11-10-31(47)73-44-40(75-43-39(65)36(62)33(59)25(17-53)70-43)35(61)27(20-69-44)72-45-41(37(63)34(60)26(18-54)71-45)74-42-38(64)32(58)24(56)19-68-42/h7,23-45,53-65H,8-21H2,1-6H3,(H,66,67). The van der Waals surface area contributed by atoms with Crippen molar-refractivity contribution < 1.29 is 114 Å². The van der Waals surface area contributed by atoms with Crippen molar-refractivity contribution in [1.82, 2.24) is 0 Å². The molecule has 0 bridgehead atoms. The molecule has 9 rings (SSSR count). The number of ether oxygens (including phenoxy) is 8. The van der Waals surface area contributed by atoms with Crippen molar-refractivity contribution in [2.24, 2.45) is 50.2 Å². The molecule has 23 nitrogen and oxygen atoms in total. The summed E-state index contributed by atoms with van der Waals surface area (Å²) in [4.78, 5) is 12.7. The summed E-state index contributed by atoms with van der Waals surface area (Å²) in [5.74, 6) is -0.979. The molecule has 0 spiro atoms. The second-order valence-corrected chi connectivity index (χ2v) is 25.2. The van der Waals surface area contributed by atoms with Crippen molar-refractivity contribution in [2.75, 3.05) is 33.0 Å². The third kappa shape index (κ3) is 9.29. The van der Waals surface area contributed by atoms with Gasteiger partial charge in [0.25, 0.3) is 0 Å². The molecule has 28 unspecified atom stereocenters. The Balaban J connectivity index is 0.974. The Bertz CT molecular complexity index is 2060. The van der Waals surface area contributed by atoms with Crippen LogP contribution in [0.15, 0.2) is 11.6 Å². The molecular weight excluding hydrogens is 993 g/mol. The summed E-state index contributed by atoms with van der Waals surface area (Å²) in [6, 6.07) is 0. The number of carboxylic acids is 1. The first kappa shape index (κ1) is 58.0. The van der Waals surface area contributed by atoms with E-state index in [1.54, 1.807) is 6.92 Å². The van der Waals surface area contributed by atoms with E-state index in [-0.39, 0.29) is 35.2 Å². The van der Waals surface area contributed by atoms with Gasteiger partial charge in [-0.3, -0.25) is 4.79 Å². The van der Waals surface area contributed by atoms with Crippen LogP contribution >= 0.6 is 0 Å². The number of rotatable bonds is 12. The molecule has 9 aliphatic rings. The number of carboxylic acid groups (broad SMARTS) is 1. The molecule has 0 aromatic heterocycles. The molecule has 0 aromatic rings. The van der Waals surface area contributed by atoms with E-state index in [0.29, 0.717) is 38.5 Å². The lowest BCUT2D eigenvalue weighted by atomic mass is 9.33. The van der Waals surface area contributed by atoms with Crippen LogP contribution in [0.25, 0.3) is 0 Å². The van der Waals surface area contributed by atoms with E-state index in [1.807, 2.05) is 0 Å². The monoisotopic (exact) mass is 1080 g/mol. The zero-order valence-electron chi connectivity index (χ0n) is 43.7. The summed E-state index contributed by atoms with van der Waals surface area (Å²) in [7, 11) is 0. The molecule has 430 valence electrons. The van der Waals surface area contributed by atoms with Crippen LogP contribution in [0.2, 0.25) is 0 Å². The maximum Gasteiger partial charge on any atom is 0.309 e. The van der Waals surface area contributed by atoms with Crippen LogP contribution in [-0.4, -0.2) is 233 Å². The Labute approximate surface area is 436 Å². The molecule has 75 heavy (non-hydrogen) atoms. The maximum absolute atomic E-state index is 12.7. The zero-order valence-corrected chi connectivity index (χ0v) is 43.7. The van der Waals surface area contributed by atoms with E-state index in [0.717, 1.165) is 24.8 Å². The summed E-state index contributed by atoms with van der Waals surface area (Å²) in [6.07, 6.45) is -24.3. The van der Waals surface area contributed by atoms with E-state index in [9.17, 15) is 76.3 Å². The number of hydrogen-bond donors (Lipinski definition) is 14. The summed E-state index contributed by atoms with van der Waals surface area (Å²) in [5.41, 5.74) is -2.32. The molecule has 8 fully saturated rings. The van der Waals surface area contributed by atoms with Crippen molar-refractivity contribution in [3.05, 3.63) is 11.6 Å². The number of aliphatic hydroxyl groups excluding tert-OH is 13. The summed E-state index contributed by atoms with van der Waals surface area (Å²) < 4.78 is 48.5. The summed E-state index contributed by atoms with van der Waals surface area (Å²) in [6.45, 7) is 10.2. The number of fused-ring (bicyclic) bond motifs is 7. The molecule has 4 heterocycles. The molecule has 4 saturated heterocycles. The third-order valence-corrected chi connectivity index (χ3v) is 21.1. The Morgan fingerprint density at radius 3 is 1.88 bits per heavy atom. The molecule has 14 N–H and O–H groups in total. The van der Waals surface area contributed by atoms with Gasteiger partial charge in [0.2, 0.25) is 0 Å². The SMILES string of the molecule is CC1(C(=O)O)CCC2(CO)C(O)CC3(C)C(=CCC4C5(C)CCC(OC6OCC(OC7OC(CO)C(O)C(O)C7OC7OCC(O)C(O)C7O)C(O)C6OC6OC(CO)C(O)C(O)C6O)C(C)(C)C5CCC43C)C2C1. The normalized spacial score (nSPS) is 54.9. The molecule has 4 aliphatic heterocycles. The fourth-order valence-electron chi connectivity index (χ4n) is 16.1. The van der Waals surface area contributed by atoms with Crippen molar-refractivity contribution in [3.8, 4) is 0 Å². The van der Waals surface area contributed by atoms with Gasteiger partial charge in [-0.15, -0.1) is 0 Å². The highest BCUT2D eigenvalue weighted by molar-refractivity contribution is 5.74. The Hall–Kier alpha value is -1.63. The number of aliphatic carboxylic acids is 1. The zero-order chi connectivity index (χ0) is 54.7. The Morgan fingerprint density at radius 2 is 1.23 bits per heavy atom. The van der Waals surface area contributed by atoms with Gasteiger partial charge >= 0.3 is 5.97 Å². The van der Waals surface area contributed by atoms with E-state index >= 15 is 0 Å².